The van der Waals surface area contributed by atoms with Gasteiger partial charge in [0.1, 0.15) is 0 Å². The maximum atomic E-state index is 3.36. The van der Waals surface area contributed by atoms with E-state index in [2.05, 4.69) is 23.8 Å². The highest BCUT2D eigenvalue weighted by Gasteiger charge is 1.91. The molecule has 72 valence electrons. The summed E-state index contributed by atoms with van der Waals surface area (Å²) in [5.74, 6) is 0. The number of allylic oxidation sites excluding steroid dienone is 2. The van der Waals surface area contributed by atoms with Gasteiger partial charge in [0.25, 0.3) is 0 Å². The minimum atomic E-state index is 1.14. The lowest BCUT2D eigenvalue weighted by Crippen LogP contribution is -2.39. The summed E-state index contributed by atoms with van der Waals surface area (Å²) in [4.78, 5) is 0. The molecule has 0 amide bonds. The van der Waals surface area contributed by atoms with Crippen molar-refractivity contribution < 1.29 is 0 Å². The van der Waals surface area contributed by atoms with Crippen molar-refractivity contribution in [1.29, 1.82) is 0 Å². The summed E-state index contributed by atoms with van der Waals surface area (Å²) in [5.41, 5.74) is 0. The SMILES string of the molecule is C1CNCCN1.C=CC.C=CC. The Morgan fingerprint density at radius 1 is 0.833 bits per heavy atom. The fraction of sp³-hybridized carbons (Fsp3) is 0.600. The van der Waals surface area contributed by atoms with Crippen molar-refractivity contribution in [1.82, 2.24) is 10.6 Å². The Labute approximate surface area is 76.8 Å². The Bertz CT molecular complexity index is 68.3. The molecule has 0 aliphatic carbocycles. The van der Waals surface area contributed by atoms with Gasteiger partial charge < -0.3 is 10.6 Å². The maximum Gasteiger partial charge on any atom is 0.00772 e. The van der Waals surface area contributed by atoms with Crippen LogP contribution in [0.1, 0.15) is 13.8 Å². The van der Waals surface area contributed by atoms with Gasteiger partial charge >= 0.3 is 0 Å². The second-order valence-corrected chi connectivity index (χ2v) is 2.32. The molecule has 2 heteroatoms. The Hall–Kier alpha value is -0.600. The van der Waals surface area contributed by atoms with Crippen molar-refractivity contribution in [2.24, 2.45) is 0 Å². The average molecular weight is 170 g/mol. The van der Waals surface area contributed by atoms with Crippen molar-refractivity contribution in [3.8, 4) is 0 Å². The molecule has 0 spiro atoms. The highest BCUT2D eigenvalue weighted by atomic mass is 15.0. The van der Waals surface area contributed by atoms with E-state index in [4.69, 9.17) is 0 Å². The zero-order chi connectivity index (χ0) is 9.66. The van der Waals surface area contributed by atoms with E-state index in [9.17, 15) is 0 Å². The van der Waals surface area contributed by atoms with Crippen LogP contribution in [0.2, 0.25) is 0 Å². The molecule has 1 rings (SSSR count). The van der Waals surface area contributed by atoms with E-state index < -0.39 is 0 Å². The Morgan fingerprint density at radius 2 is 1.00 bits per heavy atom. The average Bonchev–Trinajstić information content (AvgIpc) is 2.10. The summed E-state index contributed by atoms with van der Waals surface area (Å²) in [6.45, 7) is 15.1. The zero-order valence-corrected chi connectivity index (χ0v) is 8.40. The molecule has 0 aromatic carbocycles. The van der Waals surface area contributed by atoms with Gasteiger partial charge in [-0.1, -0.05) is 12.2 Å². The number of hydrogen-bond donors (Lipinski definition) is 2. The molecule has 12 heavy (non-hydrogen) atoms. The summed E-state index contributed by atoms with van der Waals surface area (Å²) in [7, 11) is 0. The minimum absolute atomic E-state index is 1.14. The topological polar surface area (TPSA) is 24.1 Å². The first-order valence-corrected chi connectivity index (χ1v) is 4.39. The van der Waals surface area contributed by atoms with Gasteiger partial charge in [-0.25, -0.2) is 0 Å². The lowest BCUT2D eigenvalue weighted by molar-refractivity contribution is 0.534. The van der Waals surface area contributed by atoms with Gasteiger partial charge in [0, 0.05) is 26.2 Å². The lowest BCUT2D eigenvalue weighted by Gasteiger charge is -2.11. The molecule has 1 aliphatic rings. The minimum Gasteiger partial charge on any atom is -0.314 e. The first-order valence-electron chi connectivity index (χ1n) is 4.39. The van der Waals surface area contributed by atoms with Crippen molar-refractivity contribution >= 4 is 0 Å². The molecule has 1 heterocycles. The van der Waals surface area contributed by atoms with E-state index in [-0.39, 0.29) is 0 Å². The van der Waals surface area contributed by atoms with Gasteiger partial charge in [-0.05, 0) is 13.8 Å². The van der Waals surface area contributed by atoms with Crippen LogP contribution in [-0.2, 0) is 0 Å². The summed E-state index contributed by atoms with van der Waals surface area (Å²) < 4.78 is 0. The fourth-order valence-corrected chi connectivity index (χ4v) is 0.604. The van der Waals surface area contributed by atoms with E-state index in [1.807, 2.05) is 13.8 Å². The Balaban J connectivity index is 0. The van der Waals surface area contributed by atoms with Crippen LogP contribution < -0.4 is 10.6 Å². The standard InChI is InChI=1S/C4H10N2.2C3H6/c1-2-6-4-3-5-1;2*1-3-2/h5-6H,1-4H2;2*3H,1H2,2H3. The number of rotatable bonds is 0. The van der Waals surface area contributed by atoms with Gasteiger partial charge in [-0.15, -0.1) is 13.2 Å². The fourth-order valence-electron chi connectivity index (χ4n) is 0.604. The molecule has 0 unspecified atom stereocenters. The number of nitrogens with one attached hydrogen (secondary N) is 2. The molecule has 0 saturated carbocycles. The smallest absolute Gasteiger partial charge is 0.00772 e. The second-order valence-electron chi connectivity index (χ2n) is 2.32. The third-order valence-corrected chi connectivity index (χ3v) is 0.957. The van der Waals surface area contributed by atoms with Crippen LogP contribution in [0.5, 0.6) is 0 Å². The molecule has 0 radical (unpaired) electrons. The zero-order valence-electron chi connectivity index (χ0n) is 8.40. The van der Waals surface area contributed by atoms with Crippen molar-refractivity contribution in [2.75, 3.05) is 26.2 Å². The predicted molar refractivity (Wildman–Crippen MR) is 57.5 cm³/mol. The van der Waals surface area contributed by atoms with Crippen LogP contribution in [0.15, 0.2) is 25.3 Å². The van der Waals surface area contributed by atoms with Crippen LogP contribution in [0.4, 0.5) is 0 Å². The first-order chi connectivity index (χ1) is 5.83. The molecule has 2 nitrogen and oxygen atoms in total. The number of hydrogen-bond acceptors (Lipinski definition) is 2. The van der Waals surface area contributed by atoms with Gasteiger partial charge in [-0.3, -0.25) is 0 Å². The maximum absolute atomic E-state index is 3.36. The Kier molecular flexibility index (Phi) is 19.5. The van der Waals surface area contributed by atoms with Gasteiger partial charge in [0.05, 0.1) is 0 Å². The molecule has 0 atom stereocenters. The highest BCUT2D eigenvalue weighted by molar-refractivity contribution is 4.59. The van der Waals surface area contributed by atoms with E-state index >= 15 is 0 Å². The van der Waals surface area contributed by atoms with E-state index in [1.165, 1.54) is 0 Å². The number of piperazine rings is 1. The largest absolute Gasteiger partial charge is 0.314 e. The third kappa shape index (κ3) is 22.7. The molecule has 0 aromatic heterocycles. The molecule has 0 bridgehead atoms. The summed E-state index contributed by atoms with van der Waals surface area (Å²) in [5, 5.41) is 6.44. The second kappa shape index (κ2) is 16.8. The van der Waals surface area contributed by atoms with Gasteiger partial charge in [0.2, 0.25) is 0 Å². The molecule has 0 aromatic rings. The molecule has 1 saturated heterocycles. The van der Waals surface area contributed by atoms with E-state index in [0.717, 1.165) is 26.2 Å². The van der Waals surface area contributed by atoms with Gasteiger partial charge in [-0.2, -0.15) is 0 Å². The van der Waals surface area contributed by atoms with Gasteiger partial charge in [0.15, 0.2) is 0 Å². The van der Waals surface area contributed by atoms with Crippen LogP contribution in [0.3, 0.4) is 0 Å². The lowest BCUT2D eigenvalue weighted by atomic mass is 10.4. The van der Waals surface area contributed by atoms with Crippen molar-refractivity contribution in [3.63, 3.8) is 0 Å². The van der Waals surface area contributed by atoms with Crippen LogP contribution in [-0.4, -0.2) is 26.2 Å². The van der Waals surface area contributed by atoms with E-state index in [0.29, 0.717) is 0 Å². The quantitative estimate of drug-likeness (QED) is 0.539. The summed E-state index contributed by atoms with van der Waals surface area (Å²) in [6.07, 6.45) is 3.50. The summed E-state index contributed by atoms with van der Waals surface area (Å²) >= 11 is 0. The molecular formula is C10H22N2. The first kappa shape index (κ1) is 14.0. The predicted octanol–water partition coefficient (Wildman–Crippen LogP) is 1.56. The molecule has 1 fully saturated rings. The summed E-state index contributed by atoms with van der Waals surface area (Å²) in [6, 6.07) is 0. The van der Waals surface area contributed by atoms with Crippen molar-refractivity contribution in [3.05, 3.63) is 25.3 Å². The monoisotopic (exact) mass is 170 g/mol. The highest BCUT2D eigenvalue weighted by Crippen LogP contribution is 1.65. The van der Waals surface area contributed by atoms with Crippen LogP contribution in [0.25, 0.3) is 0 Å². The molecule has 2 N–H and O–H groups in total. The molecule has 1 aliphatic heterocycles. The van der Waals surface area contributed by atoms with Crippen LogP contribution in [0, 0.1) is 0 Å². The molecular weight excluding hydrogens is 148 g/mol. The Morgan fingerprint density at radius 3 is 1.08 bits per heavy atom. The van der Waals surface area contributed by atoms with E-state index in [1.54, 1.807) is 12.2 Å². The van der Waals surface area contributed by atoms with Crippen molar-refractivity contribution in [2.45, 2.75) is 13.8 Å². The normalized spacial score (nSPS) is 14.2. The van der Waals surface area contributed by atoms with Crippen LogP contribution >= 0.6 is 0 Å². The third-order valence-electron chi connectivity index (χ3n) is 0.957.